The topological polar surface area (TPSA) is 181 Å². The fraction of sp³-hybridized carbons (Fsp3) is 0.304. The van der Waals surface area contributed by atoms with Crippen LogP contribution in [-0.4, -0.2) is 58.2 Å². The van der Waals surface area contributed by atoms with E-state index in [1.165, 1.54) is 19.3 Å². The third-order valence-corrected chi connectivity index (χ3v) is 4.80. The fourth-order valence-corrected chi connectivity index (χ4v) is 3.16. The first-order valence-corrected chi connectivity index (χ1v) is 10.8. The number of H-pyrrole nitrogens is 1. The average Bonchev–Trinajstić information content (AvgIpc) is 3.31. The lowest BCUT2D eigenvalue weighted by atomic mass is 10.1. The van der Waals surface area contributed by atoms with Crippen LogP contribution in [-0.2, 0) is 9.59 Å². The maximum atomic E-state index is 11.9. The van der Waals surface area contributed by atoms with Crippen LogP contribution in [0.2, 0.25) is 0 Å². The molecular formula is C23H26N8O4. The van der Waals surface area contributed by atoms with E-state index in [1.807, 2.05) is 12.1 Å². The van der Waals surface area contributed by atoms with Crippen molar-refractivity contribution in [1.82, 2.24) is 25.5 Å². The lowest BCUT2D eigenvalue weighted by molar-refractivity contribution is -0.126. The van der Waals surface area contributed by atoms with Crippen LogP contribution < -0.4 is 25.8 Å². The number of hydrogen-bond donors (Lipinski definition) is 4. The number of methoxy groups -OCH3 is 1. The number of carbonyl (C=O) groups excluding carboxylic acids is 2. The molecule has 12 nitrogen and oxygen atoms in total. The standard InChI is InChI=1S/C23H26N8O4/c1-14(32)9-16(25)23(33)26-7-4-8-35-19-6-3-5-18(34-2)22(19)17-10-20(31-30-17)29-21-13-27-15(11-24)12-28-21/h3,5-6,10,12-13,16H,4,7-9,25H2,1-2H3,(H,26,33)(H2,28,29,30,31). The highest BCUT2D eigenvalue weighted by Crippen LogP contribution is 2.38. The molecule has 1 aromatic carbocycles. The van der Waals surface area contributed by atoms with Gasteiger partial charge in [0, 0.05) is 19.0 Å². The molecule has 35 heavy (non-hydrogen) atoms. The number of carbonyl (C=O) groups is 2. The lowest BCUT2D eigenvalue weighted by Gasteiger charge is -2.14. The van der Waals surface area contributed by atoms with E-state index in [0.717, 1.165) is 0 Å². The highest BCUT2D eigenvalue weighted by molar-refractivity contribution is 5.88. The molecule has 3 rings (SSSR count). The van der Waals surface area contributed by atoms with Crippen LogP contribution in [0.25, 0.3) is 11.3 Å². The molecule has 12 heteroatoms. The summed E-state index contributed by atoms with van der Waals surface area (Å²) >= 11 is 0. The van der Waals surface area contributed by atoms with E-state index in [2.05, 4.69) is 30.8 Å². The van der Waals surface area contributed by atoms with Crippen molar-refractivity contribution in [3.05, 3.63) is 42.4 Å². The summed E-state index contributed by atoms with van der Waals surface area (Å²) in [6, 6.07) is 8.25. The van der Waals surface area contributed by atoms with Gasteiger partial charge in [0.15, 0.2) is 11.5 Å². The van der Waals surface area contributed by atoms with E-state index in [0.29, 0.717) is 54.0 Å². The Morgan fingerprint density at radius 2 is 2.03 bits per heavy atom. The summed E-state index contributed by atoms with van der Waals surface area (Å²) < 4.78 is 11.5. The molecule has 1 amide bonds. The van der Waals surface area contributed by atoms with Gasteiger partial charge in [0.2, 0.25) is 5.91 Å². The van der Waals surface area contributed by atoms with Crippen molar-refractivity contribution in [2.75, 3.05) is 25.6 Å². The first-order valence-electron chi connectivity index (χ1n) is 10.8. The number of aromatic amines is 1. The quantitative estimate of drug-likeness (QED) is 0.280. The lowest BCUT2D eigenvalue weighted by Crippen LogP contribution is -2.42. The molecule has 182 valence electrons. The predicted molar refractivity (Wildman–Crippen MR) is 127 cm³/mol. The van der Waals surface area contributed by atoms with E-state index in [1.54, 1.807) is 25.3 Å². The summed E-state index contributed by atoms with van der Waals surface area (Å²) in [5, 5.41) is 21.8. The average molecular weight is 479 g/mol. The minimum atomic E-state index is -0.850. The van der Waals surface area contributed by atoms with Crippen LogP contribution in [0.15, 0.2) is 36.7 Å². The normalized spacial score (nSPS) is 11.3. The predicted octanol–water partition coefficient (Wildman–Crippen LogP) is 1.68. The van der Waals surface area contributed by atoms with Crippen molar-refractivity contribution in [3.63, 3.8) is 0 Å². The number of hydrogen-bond acceptors (Lipinski definition) is 10. The van der Waals surface area contributed by atoms with Crippen LogP contribution in [0.3, 0.4) is 0 Å². The molecule has 5 N–H and O–H groups in total. The molecule has 1 unspecified atom stereocenters. The van der Waals surface area contributed by atoms with Gasteiger partial charge in [-0.05, 0) is 25.5 Å². The summed E-state index contributed by atoms with van der Waals surface area (Å²) in [6.07, 6.45) is 3.34. The Bertz CT molecular complexity index is 1200. The number of amides is 1. The minimum Gasteiger partial charge on any atom is -0.496 e. The van der Waals surface area contributed by atoms with E-state index < -0.39 is 6.04 Å². The van der Waals surface area contributed by atoms with Gasteiger partial charge in [0.25, 0.3) is 0 Å². The highest BCUT2D eigenvalue weighted by Gasteiger charge is 2.17. The largest absolute Gasteiger partial charge is 0.496 e. The van der Waals surface area contributed by atoms with E-state index >= 15 is 0 Å². The second kappa shape index (κ2) is 12.1. The molecule has 2 heterocycles. The SMILES string of the molecule is COc1cccc(OCCCNC(=O)C(N)CC(C)=O)c1-c1cc(Nc2cnc(C#N)cn2)n[nH]1. The van der Waals surface area contributed by atoms with Crippen molar-refractivity contribution in [2.45, 2.75) is 25.8 Å². The van der Waals surface area contributed by atoms with Crippen LogP contribution in [0.1, 0.15) is 25.5 Å². The molecule has 0 saturated carbocycles. The van der Waals surface area contributed by atoms with Gasteiger partial charge < -0.3 is 25.8 Å². The molecule has 0 radical (unpaired) electrons. The van der Waals surface area contributed by atoms with Gasteiger partial charge in [-0.2, -0.15) is 10.4 Å². The molecule has 2 aromatic heterocycles. The number of nitrogens with one attached hydrogen (secondary N) is 3. The van der Waals surface area contributed by atoms with Crippen molar-refractivity contribution in [1.29, 1.82) is 5.26 Å². The molecule has 0 bridgehead atoms. The van der Waals surface area contributed by atoms with E-state index in [4.69, 9.17) is 20.5 Å². The van der Waals surface area contributed by atoms with Gasteiger partial charge in [-0.15, -0.1) is 0 Å². The van der Waals surface area contributed by atoms with Gasteiger partial charge in [-0.3, -0.25) is 14.7 Å². The number of nitriles is 1. The zero-order chi connectivity index (χ0) is 25.2. The van der Waals surface area contributed by atoms with Gasteiger partial charge in [-0.25, -0.2) is 9.97 Å². The molecule has 0 aliphatic heterocycles. The van der Waals surface area contributed by atoms with Gasteiger partial charge >= 0.3 is 0 Å². The van der Waals surface area contributed by atoms with Gasteiger partial charge in [0.1, 0.15) is 29.2 Å². The first-order chi connectivity index (χ1) is 16.9. The van der Waals surface area contributed by atoms with Crippen molar-refractivity contribution < 1.29 is 19.1 Å². The zero-order valence-electron chi connectivity index (χ0n) is 19.4. The third kappa shape index (κ3) is 6.99. The van der Waals surface area contributed by atoms with Gasteiger partial charge in [-0.1, -0.05) is 6.07 Å². The summed E-state index contributed by atoms with van der Waals surface area (Å²) in [6.45, 7) is 2.07. The van der Waals surface area contributed by atoms with Crippen LogP contribution in [0, 0.1) is 11.3 Å². The van der Waals surface area contributed by atoms with Crippen molar-refractivity contribution in [2.24, 2.45) is 5.73 Å². The zero-order valence-corrected chi connectivity index (χ0v) is 19.4. The second-order valence-corrected chi connectivity index (χ2v) is 7.53. The van der Waals surface area contributed by atoms with Crippen LogP contribution >= 0.6 is 0 Å². The number of Topliss-reactive ketones (excluding diaryl/α,β-unsaturated/α-hetero) is 1. The Morgan fingerprint density at radius 3 is 2.71 bits per heavy atom. The molecule has 0 saturated heterocycles. The van der Waals surface area contributed by atoms with Gasteiger partial charge in [0.05, 0.1) is 43.4 Å². The third-order valence-electron chi connectivity index (χ3n) is 4.80. The fourth-order valence-electron chi connectivity index (χ4n) is 3.16. The monoisotopic (exact) mass is 478 g/mol. The number of ketones is 1. The molecule has 3 aromatic rings. The molecule has 0 spiro atoms. The molecule has 1 atom stereocenters. The summed E-state index contributed by atoms with van der Waals surface area (Å²) in [5.74, 6) is 1.57. The summed E-state index contributed by atoms with van der Waals surface area (Å²) in [4.78, 5) is 31.1. The Morgan fingerprint density at radius 1 is 1.23 bits per heavy atom. The maximum absolute atomic E-state index is 11.9. The molecule has 0 aliphatic carbocycles. The Balaban J connectivity index is 1.63. The molecular weight excluding hydrogens is 452 g/mol. The first kappa shape index (κ1) is 25.1. The maximum Gasteiger partial charge on any atom is 0.237 e. The van der Waals surface area contributed by atoms with Crippen LogP contribution in [0.5, 0.6) is 11.5 Å². The Hall–Kier alpha value is -4.50. The van der Waals surface area contributed by atoms with E-state index in [9.17, 15) is 9.59 Å². The van der Waals surface area contributed by atoms with Crippen molar-refractivity contribution >= 4 is 23.3 Å². The molecule has 0 aliphatic rings. The number of nitrogens with zero attached hydrogens (tertiary/aromatic N) is 4. The summed E-state index contributed by atoms with van der Waals surface area (Å²) in [5.41, 5.74) is 7.22. The smallest absolute Gasteiger partial charge is 0.237 e. The number of anilines is 2. The number of aromatic nitrogens is 4. The number of nitrogens with two attached hydrogens (primary N) is 1. The van der Waals surface area contributed by atoms with Crippen LogP contribution in [0.4, 0.5) is 11.6 Å². The Kier molecular flexibility index (Phi) is 8.69. The summed E-state index contributed by atoms with van der Waals surface area (Å²) in [7, 11) is 1.56. The Labute approximate surface area is 201 Å². The second-order valence-electron chi connectivity index (χ2n) is 7.53. The van der Waals surface area contributed by atoms with Crippen molar-refractivity contribution in [3.8, 4) is 28.8 Å². The molecule has 0 fully saturated rings. The number of ether oxygens (including phenoxy) is 2. The number of benzene rings is 1. The minimum absolute atomic E-state index is 0.00822. The number of rotatable bonds is 12. The highest BCUT2D eigenvalue weighted by atomic mass is 16.5. The van der Waals surface area contributed by atoms with E-state index in [-0.39, 0.29) is 23.8 Å².